The maximum atomic E-state index is 11.5. The predicted octanol–water partition coefficient (Wildman–Crippen LogP) is -0.920. The van der Waals surface area contributed by atoms with E-state index in [-0.39, 0.29) is 13.2 Å². The Morgan fingerprint density at radius 2 is 1.67 bits per heavy atom. The van der Waals surface area contributed by atoms with Crippen LogP contribution in [0.15, 0.2) is 0 Å². The first-order valence-electron chi connectivity index (χ1n) is 7.22. The van der Waals surface area contributed by atoms with Gasteiger partial charge in [-0.25, -0.2) is 4.79 Å². The molecule has 2 fully saturated rings. The van der Waals surface area contributed by atoms with Crippen molar-refractivity contribution in [3.63, 3.8) is 0 Å². The van der Waals surface area contributed by atoms with Gasteiger partial charge in [-0.1, -0.05) is 0 Å². The molecule has 0 radical (unpaired) electrons. The first-order chi connectivity index (χ1) is 11.3. The molecule has 0 aromatic heterocycles. The second-order valence-electron chi connectivity index (χ2n) is 5.26. The van der Waals surface area contributed by atoms with Crippen LogP contribution in [0.4, 0.5) is 0 Å². The molecule has 0 aliphatic carbocycles. The van der Waals surface area contributed by atoms with Gasteiger partial charge < -0.3 is 28.4 Å². The summed E-state index contributed by atoms with van der Waals surface area (Å²) < 4.78 is 31.1. The van der Waals surface area contributed by atoms with Crippen molar-refractivity contribution in [2.45, 2.75) is 51.5 Å². The molecule has 10 heteroatoms. The summed E-state index contributed by atoms with van der Waals surface area (Å²) in [5.74, 6) is -2.58. The minimum atomic E-state index is -1.16. The summed E-state index contributed by atoms with van der Waals surface area (Å²) in [6, 6.07) is 0. The number of carbonyl (C=O) groups excluding carboxylic acids is 4. The van der Waals surface area contributed by atoms with Crippen LogP contribution in [0, 0.1) is 0 Å². The zero-order chi connectivity index (χ0) is 17.9. The molecule has 0 unspecified atom stereocenters. The quantitative estimate of drug-likeness (QED) is 0.466. The van der Waals surface area contributed by atoms with E-state index in [1.54, 1.807) is 0 Å². The summed E-state index contributed by atoms with van der Waals surface area (Å²) in [4.78, 5) is 45.3. The molecule has 0 N–H and O–H groups in total. The molecule has 2 saturated heterocycles. The number of ether oxygens (including phenoxy) is 6. The van der Waals surface area contributed by atoms with E-state index in [9.17, 15) is 19.2 Å². The molecular weight excluding hydrogens is 328 g/mol. The highest BCUT2D eigenvalue weighted by Crippen LogP contribution is 2.31. The average Bonchev–Trinajstić information content (AvgIpc) is 2.47. The molecule has 2 aliphatic heterocycles. The molecule has 0 spiro atoms. The fourth-order valence-corrected chi connectivity index (χ4v) is 2.47. The highest BCUT2D eigenvalue weighted by atomic mass is 16.8. The third-order valence-corrected chi connectivity index (χ3v) is 3.28. The van der Waals surface area contributed by atoms with Crippen LogP contribution in [0.25, 0.3) is 0 Å². The molecule has 0 aromatic carbocycles. The molecule has 2 rings (SSSR count). The zero-order valence-corrected chi connectivity index (χ0v) is 13.4. The predicted molar refractivity (Wildman–Crippen MR) is 72.2 cm³/mol. The molecule has 2 aliphatic rings. The molecule has 0 amide bonds. The lowest BCUT2D eigenvalue weighted by Crippen LogP contribution is -2.64. The van der Waals surface area contributed by atoms with Crippen LogP contribution in [-0.2, 0) is 47.6 Å². The summed E-state index contributed by atoms with van der Waals surface area (Å²) >= 11 is 0. The van der Waals surface area contributed by atoms with Crippen LogP contribution < -0.4 is 0 Å². The van der Waals surface area contributed by atoms with Crippen LogP contribution in [0.2, 0.25) is 0 Å². The number of carbonyl (C=O) groups is 4. The van der Waals surface area contributed by atoms with Gasteiger partial charge in [0.1, 0.15) is 19.3 Å². The maximum Gasteiger partial charge on any atom is 0.332 e. The van der Waals surface area contributed by atoms with Gasteiger partial charge in [0.25, 0.3) is 0 Å². The summed E-state index contributed by atoms with van der Waals surface area (Å²) in [6.07, 6.45) is -5.40. The molecule has 134 valence electrons. The first kappa shape index (κ1) is 18.1. The Balaban J connectivity index is 2.27. The third-order valence-electron chi connectivity index (χ3n) is 3.28. The number of rotatable bonds is 4. The lowest BCUT2D eigenvalue weighted by molar-refractivity contribution is -0.323. The second kappa shape index (κ2) is 7.58. The van der Waals surface area contributed by atoms with Gasteiger partial charge in [-0.15, -0.1) is 0 Å². The monoisotopic (exact) mass is 346 g/mol. The fraction of sp³-hybridized carbons (Fsp3) is 0.714. The minimum absolute atomic E-state index is 0.258. The van der Waals surface area contributed by atoms with Crippen LogP contribution in [-0.4, -0.2) is 67.8 Å². The van der Waals surface area contributed by atoms with Gasteiger partial charge in [0.15, 0.2) is 24.6 Å². The molecule has 0 bridgehead atoms. The van der Waals surface area contributed by atoms with Gasteiger partial charge in [-0.05, 0) is 0 Å². The Morgan fingerprint density at radius 1 is 1.04 bits per heavy atom. The van der Waals surface area contributed by atoms with Gasteiger partial charge in [0.05, 0.1) is 0 Å². The zero-order valence-electron chi connectivity index (χ0n) is 13.4. The van der Waals surface area contributed by atoms with E-state index in [2.05, 4.69) is 0 Å². The van der Waals surface area contributed by atoms with Crippen LogP contribution in [0.1, 0.15) is 20.8 Å². The van der Waals surface area contributed by atoms with Crippen molar-refractivity contribution in [3.8, 4) is 0 Å². The summed E-state index contributed by atoms with van der Waals surface area (Å²) in [5, 5.41) is 0. The first-order valence-corrected chi connectivity index (χ1v) is 7.22. The Kier molecular flexibility index (Phi) is 5.73. The van der Waals surface area contributed by atoms with Crippen LogP contribution in [0.5, 0.6) is 0 Å². The van der Waals surface area contributed by atoms with Crippen molar-refractivity contribution in [2.24, 2.45) is 0 Å². The molecular formula is C14H18O10. The van der Waals surface area contributed by atoms with Gasteiger partial charge >= 0.3 is 23.9 Å². The van der Waals surface area contributed by atoms with Gasteiger partial charge in [-0.3, -0.25) is 14.4 Å². The minimum Gasteiger partial charge on any atom is -0.463 e. The lowest BCUT2D eigenvalue weighted by atomic mass is 9.98. The van der Waals surface area contributed by atoms with E-state index >= 15 is 0 Å². The SMILES string of the molecule is CC(=O)OC[C@H]1O[C@H]2OCC(=O)O[C@@H]2[C@@H](OC(C)=O)[C@@H]1OC(C)=O. The Labute approximate surface area is 137 Å². The number of hydrogen-bond acceptors (Lipinski definition) is 10. The average molecular weight is 346 g/mol. The number of fused-ring (bicyclic) bond motifs is 1. The highest BCUT2D eigenvalue weighted by molar-refractivity contribution is 5.72. The summed E-state index contributed by atoms with van der Waals surface area (Å²) in [5.41, 5.74) is 0. The van der Waals surface area contributed by atoms with Gasteiger partial charge in [-0.2, -0.15) is 0 Å². The number of esters is 4. The van der Waals surface area contributed by atoms with E-state index in [4.69, 9.17) is 28.4 Å². The van der Waals surface area contributed by atoms with Crippen molar-refractivity contribution in [1.29, 1.82) is 0 Å². The van der Waals surface area contributed by atoms with E-state index < -0.39 is 54.6 Å². The maximum absolute atomic E-state index is 11.5. The largest absolute Gasteiger partial charge is 0.463 e. The Bertz CT molecular complexity index is 530. The van der Waals surface area contributed by atoms with Gasteiger partial charge in [0, 0.05) is 20.8 Å². The second-order valence-corrected chi connectivity index (χ2v) is 5.26. The van der Waals surface area contributed by atoms with E-state index in [0.29, 0.717) is 0 Å². The molecule has 0 aromatic rings. The van der Waals surface area contributed by atoms with Crippen molar-refractivity contribution in [3.05, 3.63) is 0 Å². The molecule has 24 heavy (non-hydrogen) atoms. The van der Waals surface area contributed by atoms with E-state index in [1.165, 1.54) is 6.92 Å². The van der Waals surface area contributed by atoms with Crippen LogP contribution in [0.3, 0.4) is 0 Å². The summed E-state index contributed by atoms with van der Waals surface area (Å²) in [7, 11) is 0. The smallest absolute Gasteiger partial charge is 0.332 e. The van der Waals surface area contributed by atoms with Gasteiger partial charge in [0.2, 0.25) is 0 Å². The molecule has 10 nitrogen and oxygen atoms in total. The number of hydrogen-bond donors (Lipinski definition) is 0. The van der Waals surface area contributed by atoms with Crippen molar-refractivity contribution >= 4 is 23.9 Å². The standard InChI is InChI=1S/C14H18O10/c1-6(15)19-4-9-11(21-7(2)16)12(22-8(3)17)13-14(23-9)20-5-10(18)24-13/h9,11-14H,4-5H2,1-3H3/t9-,11-,12+,13-,14-/m1/s1. The molecule has 5 atom stereocenters. The normalized spacial score (nSPS) is 32.1. The topological polar surface area (TPSA) is 124 Å². The Morgan fingerprint density at radius 3 is 2.25 bits per heavy atom. The van der Waals surface area contributed by atoms with E-state index in [0.717, 1.165) is 13.8 Å². The molecule has 2 heterocycles. The van der Waals surface area contributed by atoms with Crippen LogP contribution >= 0.6 is 0 Å². The van der Waals surface area contributed by atoms with Crippen molar-refractivity contribution < 1.29 is 47.6 Å². The lowest BCUT2D eigenvalue weighted by Gasteiger charge is -2.45. The van der Waals surface area contributed by atoms with Crippen molar-refractivity contribution in [1.82, 2.24) is 0 Å². The highest BCUT2D eigenvalue weighted by Gasteiger charge is 2.54. The van der Waals surface area contributed by atoms with E-state index in [1.807, 2.05) is 0 Å². The Hall–Kier alpha value is -2.20. The summed E-state index contributed by atoms with van der Waals surface area (Å²) in [6.45, 7) is 2.91. The third kappa shape index (κ3) is 4.42. The fourth-order valence-electron chi connectivity index (χ4n) is 2.47. The van der Waals surface area contributed by atoms with Crippen molar-refractivity contribution in [2.75, 3.05) is 13.2 Å². The molecule has 0 saturated carbocycles.